The lowest BCUT2D eigenvalue weighted by Gasteiger charge is -2.39. The van der Waals surface area contributed by atoms with Crippen LogP contribution in [0.1, 0.15) is 50.6 Å². The predicted octanol–water partition coefficient (Wildman–Crippen LogP) is 5.21. The molecule has 3 amide bonds. The second-order valence-electron chi connectivity index (χ2n) is 8.09. The Morgan fingerprint density at radius 3 is 2.34 bits per heavy atom. The predicted molar refractivity (Wildman–Crippen MR) is 116 cm³/mol. The Labute approximate surface area is 172 Å². The second kappa shape index (κ2) is 8.68. The zero-order chi connectivity index (χ0) is 20.2. The highest BCUT2D eigenvalue weighted by Gasteiger charge is 2.30. The van der Waals surface area contributed by atoms with Gasteiger partial charge in [0.05, 0.1) is 6.04 Å². The first-order chi connectivity index (χ1) is 14.1. The van der Waals surface area contributed by atoms with Crippen molar-refractivity contribution in [1.82, 2.24) is 4.90 Å². The number of amides is 3. The molecule has 1 heterocycles. The largest absolute Gasteiger partial charge is 0.326 e. The molecule has 4 rings (SSSR count). The molecule has 0 aromatic heterocycles. The highest BCUT2D eigenvalue weighted by Crippen LogP contribution is 2.29. The summed E-state index contributed by atoms with van der Waals surface area (Å²) in [6.07, 6.45) is 5.20. The van der Waals surface area contributed by atoms with Crippen LogP contribution in [-0.2, 0) is 4.79 Å². The zero-order valence-corrected chi connectivity index (χ0v) is 17.0. The lowest BCUT2D eigenvalue weighted by atomic mass is 10.1. The van der Waals surface area contributed by atoms with E-state index in [0.29, 0.717) is 6.54 Å². The number of urea groups is 1. The van der Waals surface area contributed by atoms with Gasteiger partial charge in [-0.1, -0.05) is 43.2 Å². The average molecular weight is 392 g/mol. The summed E-state index contributed by atoms with van der Waals surface area (Å²) in [4.78, 5) is 29.3. The molecule has 0 radical (unpaired) electrons. The number of rotatable bonds is 5. The third kappa shape index (κ3) is 4.29. The summed E-state index contributed by atoms with van der Waals surface area (Å²) in [6, 6.07) is 17.9. The molecule has 0 unspecified atom stereocenters. The Balaban J connectivity index is 1.43. The van der Waals surface area contributed by atoms with Crippen molar-refractivity contribution in [3.05, 3.63) is 60.2 Å². The van der Waals surface area contributed by atoms with Crippen LogP contribution in [0.5, 0.6) is 0 Å². The molecule has 2 fully saturated rings. The minimum atomic E-state index is 0.0374. The van der Waals surface area contributed by atoms with Crippen molar-refractivity contribution in [3.8, 4) is 0 Å². The van der Waals surface area contributed by atoms with Gasteiger partial charge in [-0.15, -0.1) is 0 Å². The normalized spacial score (nSPS) is 18.7. The summed E-state index contributed by atoms with van der Waals surface area (Å²) in [5, 5.41) is 3.02. The van der Waals surface area contributed by atoms with Crippen molar-refractivity contribution < 1.29 is 9.59 Å². The fourth-order valence-electron chi connectivity index (χ4n) is 4.41. The van der Waals surface area contributed by atoms with E-state index in [1.54, 1.807) is 0 Å². The van der Waals surface area contributed by atoms with Crippen LogP contribution in [0.4, 0.5) is 16.2 Å². The lowest BCUT2D eigenvalue weighted by molar-refractivity contribution is -0.119. The molecule has 1 N–H and O–H groups in total. The summed E-state index contributed by atoms with van der Waals surface area (Å²) < 4.78 is 0. The Kier molecular flexibility index (Phi) is 5.84. The molecule has 2 aliphatic rings. The minimum Gasteiger partial charge on any atom is -0.326 e. The molecule has 29 heavy (non-hydrogen) atoms. The number of carbonyl (C=O) groups is 2. The maximum atomic E-state index is 13.2. The van der Waals surface area contributed by atoms with E-state index in [2.05, 4.69) is 24.4 Å². The van der Waals surface area contributed by atoms with Gasteiger partial charge in [-0.05, 0) is 56.0 Å². The van der Waals surface area contributed by atoms with Crippen LogP contribution in [0.15, 0.2) is 54.6 Å². The van der Waals surface area contributed by atoms with Crippen LogP contribution in [0.3, 0.4) is 0 Å². The average Bonchev–Trinajstić information content (AvgIpc) is 3.30. The molecule has 2 aromatic carbocycles. The Morgan fingerprint density at radius 1 is 0.966 bits per heavy atom. The molecule has 1 aliphatic heterocycles. The van der Waals surface area contributed by atoms with Gasteiger partial charge in [0.15, 0.2) is 0 Å². The Bertz CT molecular complexity index is 844. The molecule has 2 aromatic rings. The van der Waals surface area contributed by atoms with Gasteiger partial charge in [0.2, 0.25) is 5.91 Å². The van der Waals surface area contributed by atoms with Crippen molar-refractivity contribution in [1.29, 1.82) is 0 Å². The van der Waals surface area contributed by atoms with Crippen molar-refractivity contribution >= 4 is 23.3 Å². The molecule has 0 spiro atoms. The van der Waals surface area contributed by atoms with E-state index in [1.165, 1.54) is 0 Å². The number of hydrogen-bond donors (Lipinski definition) is 1. The van der Waals surface area contributed by atoms with Gasteiger partial charge < -0.3 is 10.2 Å². The van der Waals surface area contributed by atoms with Gasteiger partial charge in [-0.25, -0.2) is 4.79 Å². The SMILES string of the molecule is C[C@@H](c1ccccc1)N1CCCN(c2ccc(NC(=O)C3CCCC3)cc2)C1=O. The maximum Gasteiger partial charge on any atom is 0.324 e. The Hall–Kier alpha value is -2.82. The first-order valence-electron chi connectivity index (χ1n) is 10.7. The summed E-state index contributed by atoms with van der Waals surface area (Å²) in [6.45, 7) is 3.56. The van der Waals surface area contributed by atoms with Crippen molar-refractivity contribution in [3.63, 3.8) is 0 Å². The third-order valence-electron chi connectivity index (χ3n) is 6.18. The maximum absolute atomic E-state index is 13.2. The standard InChI is InChI=1S/C24H29N3O2/c1-18(19-8-3-2-4-9-19)26-16-7-17-27(24(26)29)22-14-12-21(13-15-22)25-23(28)20-10-5-6-11-20/h2-4,8-9,12-15,18,20H,5-7,10-11,16-17H2,1H3,(H,25,28)/t18-/m0/s1. The van der Waals surface area contributed by atoms with Crippen LogP contribution in [0.2, 0.25) is 0 Å². The highest BCUT2D eigenvalue weighted by atomic mass is 16.2. The molecule has 5 nitrogen and oxygen atoms in total. The molecule has 0 bridgehead atoms. The third-order valence-corrected chi connectivity index (χ3v) is 6.18. The molecule has 1 saturated carbocycles. The Morgan fingerprint density at radius 2 is 1.66 bits per heavy atom. The summed E-state index contributed by atoms with van der Waals surface area (Å²) in [7, 11) is 0. The number of benzene rings is 2. The van der Waals surface area contributed by atoms with Crippen molar-refractivity contribution in [2.45, 2.75) is 45.1 Å². The first-order valence-corrected chi connectivity index (χ1v) is 10.7. The number of carbonyl (C=O) groups excluding carboxylic acids is 2. The van der Waals surface area contributed by atoms with E-state index < -0.39 is 0 Å². The van der Waals surface area contributed by atoms with Crippen LogP contribution < -0.4 is 10.2 Å². The van der Waals surface area contributed by atoms with Gasteiger partial charge in [-0.2, -0.15) is 0 Å². The van der Waals surface area contributed by atoms with Crippen LogP contribution in [-0.4, -0.2) is 29.9 Å². The van der Waals surface area contributed by atoms with Gasteiger partial charge in [0, 0.05) is 30.4 Å². The van der Waals surface area contributed by atoms with Crippen LogP contribution in [0, 0.1) is 5.92 Å². The van der Waals surface area contributed by atoms with Crippen molar-refractivity contribution in [2.24, 2.45) is 5.92 Å². The fourth-order valence-corrected chi connectivity index (χ4v) is 4.41. The van der Waals surface area contributed by atoms with E-state index in [4.69, 9.17) is 0 Å². The number of nitrogens with one attached hydrogen (secondary N) is 1. The summed E-state index contributed by atoms with van der Waals surface area (Å²) in [5.41, 5.74) is 2.82. The second-order valence-corrected chi connectivity index (χ2v) is 8.09. The van der Waals surface area contributed by atoms with E-state index in [1.807, 2.05) is 52.3 Å². The van der Waals surface area contributed by atoms with E-state index in [0.717, 1.165) is 55.6 Å². The molecule has 1 atom stereocenters. The zero-order valence-electron chi connectivity index (χ0n) is 17.0. The fraction of sp³-hybridized carbons (Fsp3) is 0.417. The van der Waals surface area contributed by atoms with Gasteiger partial charge in [0.1, 0.15) is 0 Å². The molecular weight excluding hydrogens is 362 g/mol. The van der Waals surface area contributed by atoms with Gasteiger partial charge in [0.25, 0.3) is 0 Å². The number of nitrogens with zero attached hydrogens (tertiary/aromatic N) is 2. The quantitative estimate of drug-likeness (QED) is 0.761. The summed E-state index contributed by atoms with van der Waals surface area (Å²) in [5.74, 6) is 0.263. The number of hydrogen-bond acceptors (Lipinski definition) is 2. The first kappa shape index (κ1) is 19.5. The van der Waals surface area contributed by atoms with Gasteiger partial charge in [-0.3, -0.25) is 9.69 Å². The molecule has 1 aliphatic carbocycles. The molecular formula is C24H29N3O2. The van der Waals surface area contributed by atoms with Crippen molar-refractivity contribution in [2.75, 3.05) is 23.3 Å². The van der Waals surface area contributed by atoms with Crippen LogP contribution >= 0.6 is 0 Å². The monoisotopic (exact) mass is 391 g/mol. The van der Waals surface area contributed by atoms with E-state index >= 15 is 0 Å². The smallest absolute Gasteiger partial charge is 0.324 e. The van der Waals surface area contributed by atoms with Crippen LogP contribution in [0.25, 0.3) is 0 Å². The van der Waals surface area contributed by atoms with E-state index in [-0.39, 0.29) is 23.9 Å². The minimum absolute atomic E-state index is 0.0374. The van der Waals surface area contributed by atoms with Gasteiger partial charge >= 0.3 is 6.03 Å². The molecule has 1 saturated heterocycles. The topological polar surface area (TPSA) is 52.6 Å². The van der Waals surface area contributed by atoms with E-state index in [9.17, 15) is 9.59 Å². The number of anilines is 2. The summed E-state index contributed by atoms with van der Waals surface area (Å²) >= 11 is 0. The lowest BCUT2D eigenvalue weighted by Crippen LogP contribution is -2.50. The molecule has 152 valence electrons. The molecule has 5 heteroatoms. The highest BCUT2D eigenvalue weighted by molar-refractivity contribution is 5.95.